The number of nitrogens with zero attached hydrogens (tertiary/aromatic N) is 1. The van der Waals surface area contributed by atoms with E-state index in [9.17, 15) is 4.79 Å². The lowest BCUT2D eigenvalue weighted by Gasteiger charge is -1.98. The average molecular weight is 262 g/mol. The van der Waals surface area contributed by atoms with Crippen LogP contribution in [0.3, 0.4) is 0 Å². The topological polar surface area (TPSA) is 75.4 Å². The molecule has 2 rings (SSSR count). The van der Waals surface area contributed by atoms with Crippen LogP contribution in [-0.4, -0.2) is 22.8 Å². The molecule has 0 saturated carbocycles. The van der Waals surface area contributed by atoms with E-state index in [1.807, 2.05) is 11.4 Å². The third-order valence-corrected chi connectivity index (χ3v) is 2.99. The van der Waals surface area contributed by atoms with Crippen LogP contribution in [0.1, 0.15) is 21.0 Å². The first kappa shape index (κ1) is 12.4. The minimum Gasteiger partial charge on any atom is -0.384 e. The SMILES string of the molecule is O=C(NCc1cc(C#CCO)cs1)c1ccno1. The Morgan fingerprint density at radius 1 is 1.61 bits per heavy atom. The monoisotopic (exact) mass is 262 g/mol. The second kappa shape index (κ2) is 6.00. The van der Waals surface area contributed by atoms with Gasteiger partial charge in [0.25, 0.3) is 5.91 Å². The molecule has 0 bridgehead atoms. The van der Waals surface area contributed by atoms with Gasteiger partial charge in [-0.25, -0.2) is 0 Å². The van der Waals surface area contributed by atoms with Gasteiger partial charge in [-0.2, -0.15) is 0 Å². The fraction of sp³-hybridized carbons (Fsp3) is 0.167. The molecule has 0 fully saturated rings. The molecule has 5 nitrogen and oxygen atoms in total. The van der Waals surface area contributed by atoms with Crippen molar-refractivity contribution in [2.75, 3.05) is 6.61 Å². The number of carbonyl (C=O) groups is 1. The Morgan fingerprint density at radius 2 is 2.50 bits per heavy atom. The smallest absolute Gasteiger partial charge is 0.290 e. The van der Waals surface area contributed by atoms with Crippen LogP contribution in [0.4, 0.5) is 0 Å². The van der Waals surface area contributed by atoms with E-state index in [2.05, 4.69) is 22.3 Å². The van der Waals surface area contributed by atoms with Crippen molar-refractivity contribution < 1.29 is 14.4 Å². The Bertz CT molecular complexity index is 578. The molecule has 0 radical (unpaired) electrons. The molecule has 0 aliphatic rings. The summed E-state index contributed by atoms with van der Waals surface area (Å²) in [7, 11) is 0. The maximum atomic E-state index is 11.6. The highest BCUT2D eigenvalue weighted by Crippen LogP contribution is 2.13. The van der Waals surface area contributed by atoms with Gasteiger partial charge in [0.2, 0.25) is 5.76 Å². The van der Waals surface area contributed by atoms with Crippen LogP contribution in [0, 0.1) is 11.8 Å². The highest BCUT2D eigenvalue weighted by Gasteiger charge is 2.09. The van der Waals surface area contributed by atoms with E-state index in [1.165, 1.54) is 23.6 Å². The van der Waals surface area contributed by atoms with Crippen LogP contribution in [0.25, 0.3) is 0 Å². The molecule has 2 aromatic heterocycles. The van der Waals surface area contributed by atoms with E-state index in [0.29, 0.717) is 6.54 Å². The van der Waals surface area contributed by atoms with Crippen molar-refractivity contribution in [2.45, 2.75) is 6.54 Å². The number of rotatable bonds is 3. The molecule has 0 saturated heterocycles. The highest BCUT2D eigenvalue weighted by atomic mass is 32.1. The normalized spacial score (nSPS) is 9.61. The molecule has 2 heterocycles. The van der Waals surface area contributed by atoms with Crippen molar-refractivity contribution in [1.29, 1.82) is 0 Å². The molecule has 92 valence electrons. The van der Waals surface area contributed by atoms with Gasteiger partial charge < -0.3 is 14.9 Å². The summed E-state index contributed by atoms with van der Waals surface area (Å²) in [6.07, 6.45) is 1.42. The van der Waals surface area contributed by atoms with Crippen molar-refractivity contribution in [3.63, 3.8) is 0 Å². The molecule has 2 aromatic rings. The summed E-state index contributed by atoms with van der Waals surface area (Å²) in [5.74, 6) is 5.25. The van der Waals surface area contributed by atoms with Crippen molar-refractivity contribution in [3.05, 3.63) is 39.9 Å². The number of amides is 1. The summed E-state index contributed by atoms with van der Waals surface area (Å²) in [6.45, 7) is 0.248. The summed E-state index contributed by atoms with van der Waals surface area (Å²) in [5.41, 5.74) is 0.831. The molecule has 6 heteroatoms. The molecular formula is C12H10N2O3S. The van der Waals surface area contributed by atoms with Gasteiger partial charge in [0.15, 0.2) is 0 Å². The Kier molecular flexibility index (Phi) is 4.12. The number of aromatic nitrogens is 1. The molecule has 18 heavy (non-hydrogen) atoms. The fourth-order valence-corrected chi connectivity index (χ4v) is 2.02. The number of thiophene rings is 1. The lowest BCUT2D eigenvalue weighted by Crippen LogP contribution is -2.21. The van der Waals surface area contributed by atoms with Crippen LogP contribution in [0.5, 0.6) is 0 Å². The second-order valence-corrected chi connectivity index (χ2v) is 4.32. The third-order valence-electron chi connectivity index (χ3n) is 2.05. The number of aliphatic hydroxyl groups is 1. The number of hydrogen-bond donors (Lipinski definition) is 2. The molecule has 0 aliphatic heterocycles. The van der Waals surface area contributed by atoms with Crippen molar-refractivity contribution in [3.8, 4) is 11.8 Å². The van der Waals surface area contributed by atoms with E-state index in [4.69, 9.17) is 9.63 Å². The van der Waals surface area contributed by atoms with Gasteiger partial charge in [-0.1, -0.05) is 17.0 Å². The van der Waals surface area contributed by atoms with Crippen LogP contribution < -0.4 is 5.32 Å². The standard InChI is InChI=1S/C12H10N2O3S/c15-5-1-2-9-6-10(18-8-9)7-13-12(16)11-3-4-14-17-11/h3-4,6,8,15H,5,7H2,(H,13,16). The molecule has 1 amide bonds. The molecule has 0 aromatic carbocycles. The van der Waals surface area contributed by atoms with Gasteiger partial charge in [0, 0.05) is 21.9 Å². The quantitative estimate of drug-likeness (QED) is 0.809. The lowest BCUT2D eigenvalue weighted by molar-refractivity contribution is 0.0914. The van der Waals surface area contributed by atoms with Gasteiger partial charge in [0.05, 0.1) is 12.7 Å². The number of hydrogen-bond acceptors (Lipinski definition) is 5. The number of carbonyl (C=O) groups excluding carboxylic acids is 1. The maximum absolute atomic E-state index is 11.6. The summed E-state index contributed by atoms with van der Waals surface area (Å²) < 4.78 is 4.73. The second-order valence-electron chi connectivity index (χ2n) is 3.32. The summed E-state index contributed by atoms with van der Waals surface area (Å²) in [5, 5.41) is 16.6. The Labute approximate surface area is 107 Å². The van der Waals surface area contributed by atoms with E-state index in [-0.39, 0.29) is 18.3 Å². The van der Waals surface area contributed by atoms with Gasteiger partial charge >= 0.3 is 0 Å². The number of nitrogens with one attached hydrogen (secondary N) is 1. The Morgan fingerprint density at radius 3 is 3.22 bits per heavy atom. The Balaban J connectivity index is 1.90. The molecule has 0 spiro atoms. The Hall–Kier alpha value is -2.10. The van der Waals surface area contributed by atoms with Crippen LogP contribution in [0.15, 0.2) is 28.2 Å². The van der Waals surface area contributed by atoms with Gasteiger partial charge in [-0.15, -0.1) is 11.3 Å². The van der Waals surface area contributed by atoms with Gasteiger partial charge in [0.1, 0.15) is 6.61 Å². The van der Waals surface area contributed by atoms with Crippen molar-refractivity contribution >= 4 is 17.2 Å². The average Bonchev–Trinajstić information content (AvgIpc) is 3.04. The fourth-order valence-electron chi connectivity index (χ4n) is 1.27. The zero-order valence-electron chi connectivity index (χ0n) is 9.34. The predicted octanol–water partition coefficient (Wildman–Crippen LogP) is 1.01. The number of aliphatic hydroxyl groups excluding tert-OH is 1. The van der Waals surface area contributed by atoms with Crippen molar-refractivity contribution in [1.82, 2.24) is 10.5 Å². The largest absolute Gasteiger partial charge is 0.384 e. The van der Waals surface area contributed by atoms with Crippen molar-refractivity contribution in [2.24, 2.45) is 0 Å². The third kappa shape index (κ3) is 3.20. The summed E-state index contributed by atoms with van der Waals surface area (Å²) in [4.78, 5) is 12.5. The van der Waals surface area contributed by atoms with Crippen LogP contribution in [0.2, 0.25) is 0 Å². The van der Waals surface area contributed by atoms with Crippen LogP contribution >= 0.6 is 11.3 Å². The molecule has 2 N–H and O–H groups in total. The molecule has 0 atom stereocenters. The minimum atomic E-state index is -0.302. The first-order valence-electron chi connectivity index (χ1n) is 5.15. The first-order chi connectivity index (χ1) is 8.79. The van der Waals surface area contributed by atoms with Crippen LogP contribution in [-0.2, 0) is 6.54 Å². The van der Waals surface area contributed by atoms with Gasteiger partial charge in [-0.3, -0.25) is 4.79 Å². The summed E-state index contributed by atoms with van der Waals surface area (Å²) in [6, 6.07) is 3.37. The predicted molar refractivity (Wildman–Crippen MR) is 66.0 cm³/mol. The lowest BCUT2D eigenvalue weighted by atomic mass is 10.3. The molecule has 0 unspecified atom stereocenters. The minimum absolute atomic E-state index is 0.159. The zero-order chi connectivity index (χ0) is 12.8. The maximum Gasteiger partial charge on any atom is 0.290 e. The summed E-state index contributed by atoms with van der Waals surface area (Å²) >= 11 is 1.49. The van der Waals surface area contributed by atoms with E-state index in [0.717, 1.165) is 10.4 Å². The zero-order valence-corrected chi connectivity index (χ0v) is 10.2. The molecule has 0 aliphatic carbocycles. The van der Waals surface area contributed by atoms with E-state index < -0.39 is 0 Å². The molecular weight excluding hydrogens is 252 g/mol. The van der Waals surface area contributed by atoms with Gasteiger partial charge in [-0.05, 0) is 6.07 Å². The first-order valence-corrected chi connectivity index (χ1v) is 6.03. The highest BCUT2D eigenvalue weighted by molar-refractivity contribution is 7.10. The van der Waals surface area contributed by atoms with E-state index >= 15 is 0 Å². The van der Waals surface area contributed by atoms with E-state index in [1.54, 1.807) is 0 Å².